The molecule has 1 saturated heterocycles. The van der Waals surface area contributed by atoms with E-state index in [4.69, 9.17) is 14.0 Å². The van der Waals surface area contributed by atoms with Crippen molar-refractivity contribution in [3.8, 4) is 5.75 Å². The van der Waals surface area contributed by atoms with Gasteiger partial charge in [0.2, 0.25) is 0 Å². The van der Waals surface area contributed by atoms with Crippen molar-refractivity contribution >= 4 is 12.7 Å². The molecular weight excluding hydrogens is 318 g/mol. The number of hydrogen-bond acceptors (Lipinski definition) is 3. The van der Waals surface area contributed by atoms with Gasteiger partial charge in [-0.3, -0.25) is 0 Å². The van der Waals surface area contributed by atoms with E-state index < -0.39 is 18.3 Å². The van der Waals surface area contributed by atoms with Crippen LogP contribution in [0.2, 0.25) is 0 Å². The highest BCUT2D eigenvalue weighted by Crippen LogP contribution is 2.45. The van der Waals surface area contributed by atoms with E-state index >= 15 is 4.39 Å². The predicted octanol–water partition coefficient (Wildman–Crippen LogP) is 5.20. The lowest BCUT2D eigenvalue weighted by Crippen LogP contribution is -2.41. The highest BCUT2D eigenvalue weighted by Gasteiger charge is 2.54. The van der Waals surface area contributed by atoms with Gasteiger partial charge in [0.15, 0.2) is 0 Å². The highest BCUT2D eigenvalue weighted by molar-refractivity contribution is 6.55. The van der Waals surface area contributed by atoms with Crippen molar-refractivity contribution in [3.63, 3.8) is 0 Å². The fraction of sp³-hybridized carbons (Fsp3) is 0.600. The van der Waals surface area contributed by atoms with Gasteiger partial charge in [0.1, 0.15) is 17.6 Å². The first kappa shape index (κ1) is 18.5. The maximum Gasteiger partial charge on any atom is 0.525 e. The zero-order valence-corrected chi connectivity index (χ0v) is 16.3. The molecular formula is C20H28BFO3. The van der Waals surface area contributed by atoms with E-state index in [1.165, 1.54) is 0 Å². The molecule has 0 radical (unpaired) electrons. The standard InChI is InChI=1S/C20H28BFO3/c1-18(2,3)16-12-14(13-10-8-9-11-15(13)23-16)17(22)21-24-19(4,5)20(6,7)25-21/h8-11,16H,12H2,1-7H3. The number of halogens is 1. The summed E-state index contributed by atoms with van der Waals surface area (Å²) in [7, 11) is -0.980. The molecule has 0 saturated carbocycles. The molecule has 5 heteroatoms. The number of ether oxygens (including phenoxy) is 1. The summed E-state index contributed by atoms with van der Waals surface area (Å²) in [5, 5.41) is 0. The van der Waals surface area contributed by atoms with Crippen LogP contribution in [0.15, 0.2) is 30.0 Å². The molecule has 1 fully saturated rings. The Hall–Kier alpha value is -1.33. The van der Waals surface area contributed by atoms with E-state index in [1.807, 2.05) is 52.0 Å². The molecule has 0 spiro atoms. The zero-order chi connectivity index (χ0) is 18.6. The lowest BCUT2D eigenvalue weighted by Gasteiger charge is -2.36. The normalized spacial score (nSPS) is 26.9. The van der Waals surface area contributed by atoms with E-state index in [0.29, 0.717) is 12.0 Å². The smallest absolute Gasteiger partial charge is 0.489 e. The van der Waals surface area contributed by atoms with Crippen LogP contribution in [-0.4, -0.2) is 24.4 Å². The highest BCUT2D eigenvalue weighted by atomic mass is 19.1. The Morgan fingerprint density at radius 2 is 1.64 bits per heavy atom. The monoisotopic (exact) mass is 346 g/mol. The Balaban J connectivity index is 2.03. The average Bonchev–Trinajstić information content (AvgIpc) is 2.72. The summed E-state index contributed by atoms with van der Waals surface area (Å²) < 4.78 is 33.5. The second kappa shape index (κ2) is 5.85. The van der Waals surface area contributed by atoms with E-state index in [1.54, 1.807) is 0 Å². The molecule has 0 aliphatic carbocycles. The van der Waals surface area contributed by atoms with Crippen LogP contribution in [0.1, 0.15) is 60.5 Å². The van der Waals surface area contributed by atoms with Gasteiger partial charge in [-0.05, 0) is 44.7 Å². The van der Waals surface area contributed by atoms with Crippen LogP contribution >= 0.6 is 0 Å². The maximum atomic E-state index is 15.5. The number of rotatable bonds is 1. The third kappa shape index (κ3) is 3.24. The first-order valence-electron chi connectivity index (χ1n) is 8.92. The molecule has 0 amide bonds. The molecule has 1 unspecified atom stereocenters. The second-order valence-corrected chi connectivity index (χ2v) is 9.09. The Kier molecular flexibility index (Phi) is 4.32. The van der Waals surface area contributed by atoms with Gasteiger partial charge < -0.3 is 14.0 Å². The lowest BCUT2D eigenvalue weighted by molar-refractivity contribution is 0.00578. The SMILES string of the molecule is CC(C)(C)C1CC(=C(F)B2OC(C)(C)C(C)(C)O2)c2ccccc2O1. The van der Waals surface area contributed by atoms with Crippen LogP contribution in [0.5, 0.6) is 5.75 Å². The van der Waals surface area contributed by atoms with Crippen molar-refractivity contribution in [1.82, 2.24) is 0 Å². The molecule has 0 N–H and O–H groups in total. The van der Waals surface area contributed by atoms with Gasteiger partial charge in [0.25, 0.3) is 0 Å². The average molecular weight is 346 g/mol. The van der Waals surface area contributed by atoms with Gasteiger partial charge in [0, 0.05) is 12.0 Å². The molecule has 2 heterocycles. The summed E-state index contributed by atoms with van der Waals surface area (Å²) >= 11 is 0. The predicted molar refractivity (Wildman–Crippen MR) is 99.0 cm³/mol. The van der Waals surface area contributed by atoms with Crippen LogP contribution in [-0.2, 0) is 9.31 Å². The van der Waals surface area contributed by atoms with Crippen molar-refractivity contribution in [2.24, 2.45) is 5.41 Å². The van der Waals surface area contributed by atoms with Crippen LogP contribution in [0.4, 0.5) is 4.39 Å². The summed E-state index contributed by atoms with van der Waals surface area (Å²) in [5.41, 5.74) is -0.165. The van der Waals surface area contributed by atoms with Gasteiger partial charge in [-0.15, -0.1) is 0 Å². The molecule has 136 valence electrons. The first-order chi connectivity index (χ1) is 11.4. The minimum Gasteiger partial charge on any atom is -0.489 e. The fourth-order valence-electron chi connectivity index (χ4n) is 3.11. The van der Waals surface area contributed by atoms with Crippen molar-refractivity contribution in [1.29, 1.82) is 0 Å². The molecule has 1 aromatic carbocycles. The topological polar surface area (TPSA) is 27.7 Å². The second-order valence-electron chi connectivity index (χ2n) is 9.09. The number of hydrogen-bond donors (Lipinski definition) is 0. The Bertz CT molecular complexity index is 687. The minimum atomic E-state index is -0.980. The van der Waals surface area contributed by atoms with Gasteiger partial charge in [-0.1, -0.05) is 39.0 Å². The summed E-state index contributed by atoms with van der Waals surface area (Å²) in [6.07, 6.45) is 0.391. The zero-order valence-electron chi connectivity index (χ0n) is 16.3. The molecule has 3 rings (SSSR count). The van der Waals surface area contributed by atoms with E-state index in [-0.39, 0.29) is 17.2 Å². The van der Waals surface area contributed by atoms with Crippen molar-refractivity contribution in [2.45, 2.75) is 72.2 Å². The lowest BCUT2D eigenvalue weighted by atomic mass is 9.76. The van der Waals surface area contributed by atoms with Gasteiger partial charge >= 0.3 is 7.12 Å². The Labute approximate surface area is 150 Å². The van der Waals surface area contributed by atoms with E-state index in [9.17, 15) is 0 Å². The first-order valence-corrected chi connectivity index (χ1v) is 8.92. The minimum absolute atomic E-state index is 0.102. The van der Waals surface area contributed by atoms with Crippen molar-refractivity contribution in [2.75, 3.05) is 0 Å². The quantitative estimate of drug-likeness (QED) is 0.655. The van der Waals surface area contributed by atoms with E-state index in [0.717, 1.165) is 11.3 Å². The summed E-state index contributed by atoms with van der Waals surface area (Å²) in [5.74, 6) is 0.718. The van der Waals surface area contributed by atoms with Crippen LogP contribution < -0.4 is 4.74 Å². The van der Waals surface area contributed by atoms with Gasteiger partial charge in [-0.25, -0.2) is 4.39 Å². The number of para-hydroxylation sites is 1. The van der Waals surface area contributed by atoms with Gasteiger partial charge in [-0.2, -0.15) is 0 Å². The van der Waals surface area contributed by atoms with Crippen LogP contribution in [0.25, 0.3) is 5.57 Å². The van der Waals surface area contributed by atoms with E-state index in [2.05, 4.69) is 20.8 Å². The molecule has 2 aliphatic heterocycles. The molecule has 25 heavy (non-hydrogen) atoms. The molecule has 1 aromatic rings. The van der Waals surface area contributed by atoms with Crippen molar-refractivity contribution in [3.05, 3.63) is 35.6 Å². The summed E-state index contributed by atoms with van der Waals surface area (Å²) in [6.45, 7) is 14.0. The number of benzene rings is 1. The molecule has 3 nitrogen and oxygen atoms in total. The fourth-order valence-corrected chi connectivity index (χ4v) is 3.11. The molecule has 2 aliphatic rings. The van der Waals surface area contributed by atoms with Crippen LogP contribution in [0, 0.1) is 5.41 Å². The van der Waals surface area contributed by atoms with Crippen LogP contribution in [0.3, 0.4) is 0 Å². The Morgan fingerprint density at radius 1 is 1.08 bits per heavy atom. The molecule has 0 bridgehead atoms. The summed E-state index contributed by atoms with van der Waals surface area (Å²) in [6, 6.07) is 7.60. The molecule has 1 atom stereocenters. The largest absolute Gasteiger partial charge is 0.525 e. The third-order valence-corrected chi connectivity index (χ3v) is 5.59. The Morgan fingerprint density at radius 3 is 2.20 bits per heavy atom. The van der Waals surface area contributed by atoms with Crippen molar-refractivity contribution < 1.29 is 18.4 Å². The van der Waals surface area contributed by atoms with Gasteiger partial charge in [0.05, 0.1) is 11.2 Å². The maximum absolute atomic E-state index is 15.5. The number of fused-ring (bicyclic) bond motifs is 1. The summed E-state index contributed by atoms with van der Waals surface area (Å²) in [4.78, 5) is 0. The third-order valence-electron chi connectivity index (χ3n) is 5.59. The molecule has 0 aromatic heterocycles.